The summed E-state index contributed by atoms with van der Waals surface area (Å²) in [7, 11) is 0. The smallest absolute Gasteiger partial charge is 0.124 e. The molecule has 2 N–H and O–H groups in total. The number of rotatable bonds is 3. The molecule has 0 aromatic heterocycles. The highest BCUT2D eigenvalue weighted by Gasteiger charge is 2.26. The molecule has 0 saturated carbocycles. The zero-order valence-electron chi connectivity index (χ0n) is 11.7. The van der Waals surface area contributed by atoms with Gasteiger partial charge in [-0.3, -0.25) is 0 Å². The van der Waals surface area contributed by atoms with E-state index in [1.54, 1.807) is 0 Å². The number of nitrogens with two attached hydrogens (primary N) is 1. The highest BCUT2D eigenvalue weighted by molar-refractivity contribution is 9.10. The fourth-order valence-corrected chi connectivity index (χ4v) is 2.98. The highest BCUT2D eigenvalue weighted by atomic mass is 79.9. The lowest BCUT2D eigenvalue weighted by molar-refractivity contribution is -0.0723. The van der Waals surface area contributed by atoms with Gasteiger partial charge in [0.2, 0.25) is 0 Å². The lowest BCUT2D eigenvalue weighted by atomic mass is 10.0. The Morgan fingerprint density at radius 1 is 1.32 bits per heavy atom. The van der Waals surface area contributed by atoms with E-state index in [1.165, 1.54) is 0 Å². The highest BCUT2D eigenvalue weighted by Crippen LogP contribution is 2.31. The third kappa shape index (κ3) is 3.94. The summed E-state index contributed by atoms with van der Waals surface area (Å²) >= 11 is 3.48. The van der Waals surface area contributed by atoms with Gasteiger partial charge in [0.25, 0.3) is 0 Å². The largest absolute Gasteiger partial charge is 0.490 e. The topological polar surface area (TPSA) is 44.5 Å². The molecule has 1 saturated heterocycles. The number of ether oxygens (including phenoxy) is 2. The molecule has 0 spiro atoms. The summed E-state index contributed by atoms with van der Waals surface area (Å²) in [6.45, 7) is 6.17. The van der Waals surface area contributed by atoms with E-state index >= 15 is 0 Å². The van der Waals surface area contributed by atoms with Crippen molar-refractivity contribution < 1.29 is 9.47 Å². The first-order valence-electron chi connectivity index (χ1n) is 6.83. The zero-order valence-corrected chi connectivity index (χ0v) is 13.3. The van der Waals surface area contributed by atoms with E-state index in [9.17, 15) is 0 Å². The summed E-state index contributed by atoms with van der Waals surface area (Å²) in [5.41, 5.74) is 7.06. The lowest BCUT2D eigenvalue weighted by Gasteiger charge is -2.33. The van der Waals surface area contributed by atoms with Gasteiger partial charge in [0.1, 0.15) is 11.9 Å². The molecule has 0 bridgehead atoms. The number of hydrogen-bond acceptors (Lipinski definition) is 3. The number of hydrogen-bond donors (Lipinski definition) is 1. The predicted octanol–water partition coefficient (Wildman–Crippen LogP) is 3.80. The Bertz CT molecular complexity index is 426. The Balaban J connectivity index is 2.14. The van der Waals surface area contributed by atoms with Crippen LogP contribution in [-0.2, 0) is 4.74 Å². The molecule has 1 fully saturated rings. The second-order valence-electron chi connectivity index (χ2n) is 5.44. The molecule has 1 heterocycles. The van der Waals surface area contributed by atoms with Crippen molar-refractivity contribution in [3.63, 3.8) is 0 Å². The van der Waals surface area contributed by atoms with Crippen LogP contribution in [-0.4, -0.2) is 18.3 Å². The molecule has 4 heteroatoms. The fraction of sp³-hybridized carbons (Fsp3) is 0.600. The minimum Gasteiger partial charge on any atom is -0.490 e. The molecule has 1 aliphatic rings. The Morgan fingerprint density at radius 2 is 1.95 bits per heavy atom. The van der Waals surface area contributed by atoms with Crippen molar-refractivity contribution in [2.45, 2.75) is 58.0 Å². The van der Waals surface area contributed by atoms with Crippen molar-refractivity contribution in [1.82, 2.24) is 0 Å². The molecule has 1 aromatic carbocycles. The second-order valence-corrected chi connectivity index (χ2v) is 6.36. The Labute approximate surface area is 123 Å². The summed E-state index contributed by atoms with van der Waals surface area (Å²) < 4.78 is 12.9. The van der Waals surface area contributed by atoms with Crippen molar-refractivity contribution in [3.05, 3.63) is 28.2 Å². The normalized spacial score (nSPS) is 29.0. The van der Waals surface area contributed by atoms with Gasteiger partial charge in [-0.05, 0) is 39.0 Å². The molecular weight excluding hydrogens is 306 g/mol. The van der Waals surface area contributed by atoms with Gasteiger partial charge in [-0.25, -0.2) is 0 Å². The van der Waals surface area contributed by atoms with Crippen molar-refractivity contribution >= 4 is 15.9 Å². The van der Waals surface area contributed by atoms with Crippen molar-refractivity contribution in [1.29, 1.82) is 0 Å². The molecule has 0 amide bonds. The minimum absolute atomic E-state index is 0.0396. The Kier molecular flexibility index (Phi) is 4.87. The Morgan fingerprint density at radius 3 is 2.53 bits per heavy atom. The van der Waals surface area contributed by atoms with Crippen molar-refractivity contribution in [2.75, 3.05) is 0 Å². The van der Waals surface area contributed by atoms with Gasteiger partial charge in [-0.1, -0.05) is 15.9 Å². The fourth-order valence-electron chi connectivity index (χ4n) is 2.60. The predicted molar refractivity (Wildman–Crippen MR) is 80.4 cm³/mol. The maximum absolute atomic E-state index is 6.16. The van der Waals surface area contributed by atoms with E-state index in [0.717, 1.165) is 28.6 Å². The van der Waals surface area contributed by atoms with E-state index < -0.39 is 0 Å². The summed E-state index contributed by atoms with van der Waals surface area (Å²) in [5, 5.41) is 0. The SMILES string of the molecule is CC1CC(Oc2ccc(Br)cc2C(C)N)CC(C)O1. The summed E-state index contributed by atoms with van der Waals surface area (Å²) in [6, 6.07) is 5.98. The van der Waals surface area contributed by atoms with Crippen LogP contribution in [0.5, 0.6) is 5.75 Å². The maximum atomic E-state index is 6.16. The van der Waals surface area contributed by atoms with Crippen LogP contribution < -0.4 is 10.5 Å². The summed E-state index contributed by atoms with van der Waals surface area (Å²) in [6.07, 6.45) is 2.57. The lowest BCUT2D eigenvalue weighted by Crippen LogP contribution is -2.36. The van der Waals surface area contributed by atoms with Gasteiger partial charge < -0.3 is 15.2 Å². The molecule has 1 aliphatic heterocycles. The first kappa shape index (κ1) is 14.8. The Hall–Kier alpha value is -0.580. The molecule has 3 nitrogen and oxygen atoms in total. The van der Waals surface area contributed by atoms with Gasteiger partial charge in [-0.2, -0.15) is 0 Å². The van der Waals surface area contributed by atoms with Gasteiger partial charge in [0.05, 0.1) is 12.2 Å². The molecular formula is C15H22BrNO2. The quantitative estimate of drug-likeness (QED) is 0.918. The minimum atomic E-state index is -0.0396. The van der Waals surface area contributed by atoms with Crippen LogP contribution in [0.3, 0.4) is 0 Å². The third-order valence-corrected chi connectivity index (χ3v) is 3.90. The van der Waals surface area contributed by atoms with E-state index in [0.29, 0.717) is 0 Å². The standard InChI is InChI=1S/C15H22BrNO2/c1-9-6-13(7-10(2)18-9)19-15-5-4-12(16)8-14(15)11(3)17/h4-5,8-11,13H,6-7,17H2,1-3H3. The first-order valence-corrected chi connectivity index (χ1v) is 7.62. The molecule has 2 rings (SSSR count). The van der Waals surface area contributed by atoms with Crippen LogP contribution in [0.15, 0.2) is 22.7 Å². The van der Waals surface area contributed by atoms with Crippen LogP contribution in [0, 0.1) is 0 Å². The van der Waals surface area contributed by atoms with Crippen LogP contribution in [0.4, 0.5) is 0 Å². The molecule has 3 atom stereocenters. The molecule has 0 aliphatic carbocycles. The zero-order chi connectivity index (χ0) is 14.0. The summed E-state index contributed by atoms with van der Waals surface area (Å²) in [5.74, 6) is 0.893. The van der Waals surface area contributed by atoms with Gasteiger partial charge >= 0.3 is 0 Å². The van der Waals surface area contributed by atoms with Gasteiger partial charge in [-0.15, -0.1) is 0 Å². The van der Waals surface area contributed by atoms with E-state index in [1.807, 2.05) is 25.1 Å². The molecule has 3 unspecified atom stereocenters. The van der Waals surface area contributed by atoms with E-state index in [2.05, 4.69) is 29.8 Å². The monoisotopic (exact) mass is 327 g/mol. The van der Waals surface area contributed by atoms with Gasteiger partial charge in [0, 0.05) is 28.9 Å². The number of halogens is 1. The van der Waals surface area contributed by atoms with Crippen LogP contribution in [0.1, 0.15) is 45.2 Å². The van der Waals surface area contributed by atoms with Gasteiger partial charge in [0.15, 0.2) is 0 Å². The second kappa shape index (κ2) is 6.25. The summed E-state index contributed by atoms with van der Waals surface area (Å²) in [4.78, 5) is 0. The maximum Gasteiger partial charge on any atom is 0.124 e. The van der Waals surface area contributed by atoms with Crippen LogP contribution in [0.2, 0.25) is 0 Å². The van der Waals surface area contributed by atoms with Crippen molar-refractivity contribution in [3.8, 4) is 5.75 Å². The molecule has 106 valence electrons. The van der Waals surface area contributed by atoms with E-state index in [-0.39, 0.29) is 24.4 Å². The van der Waals surface area contributed by atoms with Crippen LogP contribution in [0.25, 0.3) is 0 Å². The molecule has 1 aromatic rings. The molecule has 19 heavy (non-hydrogen) atoms. The third-order valence-electron chi connectivity index (χ3n) is 3.41. The molecule has 0 radical (unpaired) electrons. The number of benzene rings is 1. The van der Waals surface area contributed by atoms with E-state index in [4.69, 9.17) is 15.2 Å². The van der Waals surface area contributed by atoms with Crippen molar-refractivity contribution in [2.24, 2.45) is 5.73 Å². The average Bonchev–Trinajstić information content (AvgIpc) is 2.30. The average molecular weight is 328 g/mol. The van der Waals surface area contributed by atoms with Crippen LogP contribution >= 0.6 is 15.9 Å². The first-order chi connectivity index (χ1) is 8.95.